The normalized spacial score (nSPS) is 19.6. The molecule has 0 amide bonds. The summed E-state index contributed by atoms with van der Waals surface area (Å²) in [7, 11) is 0. The van der Waals surface area contributed by atoms with Crippen molar-refractivity contribution >= 4 is 5.78 Å². The highest BCUT2D eigenvalue weighted by Crippen LogP contribution is 2.21. The zero-order valence-corrected chi connectivity index (χ0v) is 10.7. The topological polar surface area (TPSA) is 17.1 Å². The minimum Gasteiger partial charge on any atom is -0.295 e. The summed E-state index contributed by atoms with van der Waals surface area (Å²) in [4.78, 5) is 11.3. The number of allylic oxidation sites excluding steroid dienone is 2. The lowest BCUT2D eigenvalue weighted by molar-refractivity contribution is -0.117. The quantitative estimate of drug-likeness (QED) is 0.518. The zero-order chi connectivity index (χ0) is 11.6. The summed E-state index contributed by atoms with van der Waals surface area (Å²) in [6.45, 7) is 2.26. The number of carbonyl (C=O) groups is 1. The summed E-state index contributed by atoms with van der Waals surface area (Å²) < 4.78 is 0. The van der Waals surface area contributed by atoms with Crippen LogP contribution in [-0.2, 0) is 4.79 Å². The van der Waals surface area contributed by atoms with Gasteiger partial charge in [0.15, 0.2) is 5.78 Å². The van der Waals surface area contributed by atoms with Crippen LogP contribution in [0.5, 0.6) is 0 Å². The fourth-order valence-electron chi connectivity index (χ4n) is 2.39. The first-order chi connectivity index (χ1) is 7.84. The predicted molar refractivity (Wildman–Crippen MR) is 69.5 cm³/mol. The van der Waals surface area contributed by atoms with E-state index in [0.717, 1.165) is 12.8 Å². The Bertz CT molecular complexity index is 217. The van der Waals surface area contributed by atoms with E-state index in [-0.39, 0.29) is 0 Å². The molecule has 0 N–H and O–H groups in total. The highest BCUT2D eigenvalue weighted by molar-refractivity contribution is 5.93. The van der Waals surface area contributed by atoms with E-state index in [1.807, 2.05) is 6.08 Å². The second-order valence-electron chi connectivity index (χ2n) is 5.00. The first-order valence-electron chi connectivity index (χ1n) is 7.05. The highest BCUT2D eigenvalue weighted by Gasteiger charge is 2.18. The van der Waals surface area contributed by atoms with E-state index in [4.69, 9.17) is 0 Å². The molecule has 16 heavy (non-hydrogen) atoms. The van der Waals surface area contributed by atoms with E-state index in [1.54, 1.807) is 6.08 Å². The first-order valence-corrected chi connectivity index (χ1v) is 7.05. The summed E-state index contributed by atoms with van der Waals surface area (Å²) in [6, 6.07) is 0. The zero-order valence-electron chi connectivity index (χ0n) is 10.7. The predicted octanol–water partition coefficient (Wildman–Crippen LogP) is 4.66. The van der Waals surface area contributed by atoms with Crippen molar-refractivity contribution in [3.8, 4) is 0 Å². The van der Waals surface area contributed by atoms with Crippen molar-refractivity contribution in [3.63, 3.8) is 0 Å². The van der Waals surface area contributed by atoms with Crippen molar-refractivity contribution < 1.29 is 4.79 Å². The Morgan fingerprint density at radius 1 is 1.06 bits per heavy atom. The Balaban J connectivity index is 1.83. The monoisotopic (exact) mass is 222 g/mol. The Labute approximate surface area is 100 Å². The van der Waals surface area contributed by atoms with Crippen molar-refractivity contribution in [1.82, 2.24) is 0 Å². The second kappa shape index (κ2) is 8.55. The maximum absolute atomic E-state index is 11.3. The third kappa shape index (κ3) is 5.48. The van der Waals surface area contributed by atoms with Gasteiger partial charge >= 0.3 is 0 Å². The van der Waals surface area contributed by atoms with Gasteiger partial charge in [-0.15, -0.1) is 0 Å². The van der Waals surface area contributed by atoms with Crippen LogP contribution in [0.1, 0.15) is 71.1 Å². The number of ketones is 1. The van der Waals surface area contributed by atoms with Crippen LogP contribution in [0.15, 0.2) is 12.2 Å². The van der Waals surface area contributed by atoms with Gasteiger partial charge in [0.1, 0.15) is 0 Å². The molecule has 1 aliphatic carbocycles. The van der Waals surface area contributed by atoms with Crippen LogP contribution in [0.25, 0.3) is 0 Å². The standard InChI is InChI=1S/C15H26O/c1-2-3-4-5-6-7-8-9-11-14-12-10-13-15(14)16/h10,13-14H,2-9,11-12H2,1H3. The van der Waals surface area contributed by atoms with Crippen molar-refractivity contribution in [2.45, 2.75) is 71.1 Å². The second-order valence-corrected chi connectivity index (χ2v) is 5.00. The molecule has 1 nitrogen and oxygen atoms in total. The number of rotatable bonds is 9. The highest BCUT2D eigenvalue weighted by atomic mass is 16.1. The molecular weight excluding hydrogens is 196 g/mol. The van der Waals surface area contributed by atoms with E-state index >= 15 is 0 Å². The third-order valence-corrected chi connectivity index (χ3v) is 3.51. The van der Waals surface area contributed by atoms with Crippen molar-refractivity contribution in [1.29, 1.82) is 0 Å². The molecule has 92 valence electrons. The number of hydrogen-bond acceptors (Lipinski definition) is 1. The minimum absolute atomic E-state index is 0.333. The SMILES string of the molecule is CCCCCCCCCCC1CC=CC1=O. The van der Waals surface area contributed by atoms with Crippen LogP contribution >= 0.6 is 0 Å². The van der Waals surface area contributed by atoms with Crippen LogP contribution in [0.3, 0.4) is 0 Å². The summed E-state index contributed by atoms with van der Waals surface area (Å²) in [6.07, 6.45) is 16.7. The Kier molecular flexibility index (Phi) is 7.20. The van der Waals surface area contributed by atoms with Gasteiger partial charge in [0.05, 0.1) is 0 Å². The molecule has 0 spiro atoms. The first kappa shape index (κ1) is 13.5. The smallest absolute Gasteiger partial charge is 0.158 e. The average molecular weight is 222 g/mol. The van der Waals surface area contributed by atoms with Gasteiger partial charge in [-0.3, -0.25) is 4.79 Å². The molecule has 0 saturated carbocycles. The van der Waals surface area contributed by atoms with Gasteiger partial charge in [0.2, 0.25) is 0 Å². The van der Waals surface area contributed by atoms with Gasteiger partial charge in [0.25, 0.3) is 0 Å². The van der Waals surface area contributed by atoms with E-state index in [1.165, 1.54) is 51.4 Å². The van der Waals surface area contributed by atoms with Gasteiger partial charge in [-0.2, -0.15) is 0 Å². The van der Waals surface area contributed by atoms with E-state index in [0.29, 0.717) is 11.7 Å². The van der Waals surface area contributed by atoms with Crippen molar-refractivity contribution in [2.24, 2.45) is 5.92 Å². The molecule has 0 heterocycles. The number of hydrogen-bond donors (Lipinski definition) is 0. The van der Waals surface area contributed by atoms with Crippen LogP contribution in [0.4, 0.5) is 0 Å². The van der Waals surface area contributed by atoms with Crippen LogP contribution in [0, 0.1) is 5.92 Å². The van der Waals surface area contributed by atoms with Gasteiger partial charge in [-0.1, -0.05) is 64.4 Å². The molecular formula is C15H26O. The largest absolute Gasteiger partial charge is 0.295 e. The molecule has 1 unspecified atom stereocenters. The molecule has 1 aliphatic rings. The van der Waals surface area contributed by atoms with Crippen LogP contribution in [-0.4, -0.2) is 5.78 Å². The minimum atomic E-state index is 0.333. The van der Waals surface area contributed by atoms with E-state index in [9.17, 15) is 4.79 Å². The van der Waals surface area contributed by atoms with Gasteiger partial charge in [-0.05, 0) is 18.9 Å². The summed E-state index contributed by atoms with van der Waals surface area (Å²) in [5.41, 5.74) is 0. The molecule has 1 atom stereocenters. The molecule has 0 radical (unpaired) electrons. The lowest BCUT2D eigenvalue weighted by Gasteiger charge is -2.07. The molecule has 0 aromatic carbocycles. The Hall–Kier alpha value is -0.590. The Morgan fingerprint density at radius 2 is 1.69 bits per heavy atom. The third-order valence-electron chi connectivity index (χ3n) is 3.51. The van der Waals surface area contributed by atoms with Gasteiger partial charge in [0, 0.05) is 5.92 Å². The number of carbonyl (C=O) groups excluding carboxylic acids is 1. The molecule has 0 aromatic heterocycles. The van der Waals surface area contributed by atoms with Gasteiger partial charge < -0.3 is 0 Å². The van der Waals surface area contributed by atoms with E-state index < -0.39 is 0 Å². The molecule has 1 heteroatoms. The van der Waals surface area contributed by atoms with E-state index in [2.05, 4.69) is 6.92 Å². The van der Waals surface area contributed by atoms with Crippen LogP contribution < -0.4 is 0 Å². The summed E-state index contributed by atoms with van der Waals surface area (Å²) in [5.74, 6) is 0.697. The molecule has 0 bridgehead atoms. The van der Waals surface area contributed by atoms with Gasteiger partial charge in [-0.25, -0.2) is 0 Å². The molecule has 0 aliphatic heterocycles. The summed E-state index contributed by atoms with van der Waals surface area (Å²) >= 11 is 0. The Morgan fingerprint density at radius 3 is 2.25 bits per heavy atom. The van der Waals surface area contributed by atoms with Crippen molar-refractivity contribution in [2.75, 3.05) is 0 Å². The van der Waals surface area contributed by atoms with Crippen molar-refractivity contribution in [3.05, 3.63) is 12.2 Å². The number of unbranched alkanes of at least 4 members (excludes halogenated alkanes) is 7. The molecule has 1 rings (SSSR count). The maximum atomic E-state index is 11.3. The average Bonchev–Trinajstić information content (AvgIpc) is 2.68. The fraction of sp³-hybridized carbons (Fsp3) is 0.800. The lowest BCUT2D eigenvalue weighted by Crippen LogP contribution is -2.05. The fourth-order valence-corrected chi connectivity index (χ4v) is 2.39. The van der Waals surface area contributed by atoms with Crippen LogP contribution in [0.2, 0.25) is 0 Å². The molecule has 0 aromatic rings. The molecule has 0 fully saturated rings. The summed E-state index contributed by atoms with van der Waals surface area (Å²) in [5, 5.41) is 0. The lowest BCUT2D eigenvalue weighted by atomic mass is 9.97. The molecule has 0 saturated heterocycles. The maximum Gasteiger partial charge on any atom is 0.158 e.